The van der Waals surface area contributed by atoms with Gasteiger partial charge in [-0.1, -0.05) is 24.3 Å². The highest BCUT2D eigenvalue weighted by atomic mass is 15.2. The number of para-hydroxylation sites is 1. The lowest BCUT2D eigenvalue weighted by Crippen LogP contribution is -2.27. The van der Waals surface area contributed by atoms with Crippen molar-refractivity contribution in [2.24, 2.45) is 0 Å². The van der Waals surface area contributed by atoms with E-state index in [-0.39, 0.29) is 5.54 Å². The second-order valence-corrected chi connectivity index (χ2v) is 7.44. The fraction of sp³-hybridized carbons (Fsp3) is 0.286. The zero-order valence-electron chi connectivity index (χ0n) is 16.0. The molecule has 0 aliphatic rings. The Kier molecular flexibility index (Phi) is 4.89. The topological polar surface area (TPSA) is 62.7 Å². The van der Waals surface area contributed by atoms with E-state index in [9.17, 15) is 0 Å². The summed E-state index contributed by atoms with van der Waals surface area (Å²) in [6.07, 6.45) is 1.77. The highest BCUT2D eigenvalue weighted by Gasteiger charge is 2.15. The van der Waals surface area contributed by atoms with Crippen LogP contribution in [0.3, 0.4) is 0 Å². The van der Waals surface area contributed by atoms with Crippen molar-refractivity contribution >= 4 is 17.5 Å². The van der Waals surface area contributed by atoms with E-state index >= 15 is 0 Å². The van der Waals surface area contributed by atoms with Crippen molar-refractivity contribution in [2.75, 3.05) is 10.6 Å². The summed E-state index contributed by atoms with van der Waals surface area (Å²) in [7, 11) is 0. The smallest absolute Gasteiger partial charge is 0.225 e. The van der Waals surface area contributed by atoms with Crippen LogP contribution in [0.15, 0.2) is 48.7 Å². The van der Waals surface area contributed by atoms with Crippen LogP contribution in [0.2, 0.25) is 0 Å². The SMILES string of the molecule is Cc1cccc(C)c1Nc1cc(-c2ccccn2)nc(NC(C)(C)C)n1. The standard InChI is InChI=1S/C21H25N5/c1-14-9-8-10-15(2)19(14)24-18-13-17(16-11-6-7-12-22-16)23-20(25-18)26-21(3,4)5/h6-13H,1-5H3,(H2,23,24,25,26). The molecule has 5 nitrogen and oxygen atoms in total. The second kappa shape index (κ2) is 7.12. The number of aryl methyl sites for hydroxylation is 2. The van der Waals surface area contributed by atoms with Gasteiger partial charge in [0.15, 0.2) is 0 Å². The third-order valence-corrected chi connectivity index (χ3v) is 3.87. The Morgan fingerprint density at radius 1 is 0.846 bits per heavy atom. The summed E-state index contributed by atoms with van der Waals surface area (Å²) in [5, 5.41) is 6.81. The van der Waals surface area contributed by atoms with Crippen LogP contribution in [0.5, 0.6) is 0 Å². The Bertz CT molecular complexity index is 878. The minimum absolute atomic E-state index is 0.140. The van der Waals surface area contributed by atoms with E-state index in [2.05, 4.69) is 78.4 Å². The number of rotatable bonds is 4. The summed E-state index contributed by atoms with van der Waals surface area (Å²) < 4.78 is 0. The first-order chi connectivity index (χ1) is 12.3. The quantitative estimate of drug-likeness (QED) is 0.687. The van der Waals surface area contributed by atoms with Gasteiger partial charge in [0, 0.05) is 23.5 Å². The van der Waals surface area contributed by atoms with Crippen molar-refractivity contribution in [2.45, 2.75) is 40.2 Å². The first kappa shape index (κ1) is 17.9. The van der Waals surface area contributed by atoms with Crippen LogP contribution in [-0.2, 0) is 0 Å². The Balaban J connectivity index is 2.05. The highest BCUT2D eigenvalue weighted by Crippen LogP contribution is 2.27. The number of nitrogens with zero attached hydrogens (tertiary/aromatic N) is 3. The molecule has 0 spiro atoms. The lowest BCUT2D eigenvalue weighted by molar-refractivity contribution is 0.626. The number of anilines is 3. The third-order valence-electron chi connectivity index (χ3n) is 3.87. The molecule has 2 N–H and O–H groups in total. The maximum atomic E-state index is 4.66. The van der Waals surface area contributed by atoms with E-state index in [1.807, 2.05) is 24.3 Å². The average Bonchev–Trinajstić information content (AvgIpc) is 2.57. The van der Waals surface area contributed by atoms with E-state index in [1.165, 1.54) is 11.1 Å². The lowest BCUT2D eigenvalue weighted by atomic mass is 10.1. The summed E-state index contributed by atoms with van der Waals surface area (Å²) in [6, 6.07) is 14.0. The number of pyridine rings is 1. The molecule has 134 valence electrons. The van der Waals surface area contributed by atoms with Crippen molar-refractivity contribution in [3.8, 4) is 11.4 Å². The van der Waals surface area contributed by atoms with Crippen LogP contribution in [-0.4, -0.2) is 20.5 Å². The minimum Gasteiger partial charge on any atom is -0.350 e. The Morgan fingerprint density at radius 2 is 1.58 bits per heavy atom. The van der Waals surface area contributed by atoms with Gasteiger partial charge in [-0.3, -0.25) is 4.98 Å². The maximum absolute atomic E-state index is 4.66. The van der Waals surface area contributed by atoms with Crippen molar-refractivity contribution < 1.29 is 0 Å². The molecular weight excluding hydrogens is 322 g/mol. The molecule has 3 aromatic rings. The van der Waals surface area contributed by atoms with Gasteiger partial charge in [-0.2, -0.15) is 4.98 Å². The van der Waals surface area contributed by atoms with Crippen LogP contribution in [0, 0.1) is 13.8 Å². The van der Waals surface area contributed by atoms with Gasteiger partial charge in [-0.15, -0.1) is 0 Å². The summed E-state index contributed by atoms with van der Waals surface area (Å²) in [5.74, 6) is 1.32. The molecular formula is C21H25N5. The van der Waals surface area contributed by atoms with Gasteiger partial charge >= 0.3 is 0 Å². The molecule has 2 heterocycles. The molecule has 0 aliphatic heterocycles. The third kappa shape index (κ3) is 4.36. The van der Waals surface area contributed by atoms with Crippen molar-refractivity contribution in [1.82, 2.24) is 15.0 Å². The predicted octanol–water partition coefficient (Wildman–Crippen LogP) is 5.11. The first-order valence-electron chi connectivity index (χ1n) is 8.74. The second-order valence-electron chi connectivity index (χ2n) is 7.44. The molecule has 0 fully saturated rings. The summed E-state index contributed by atoms with van der Waals surface area (Å²) >= 11 is 0. The number of hydrogen-bond donors (Lipinski definition) is 2. The van der Waals surface area contributed by atoms with Crippen LogP contribution in [0.1, 0.15) is 31.9 Å². The molecule has 26 heavy (non-hydrogen) atoms. The highest BCUT2D eigenvalue weighted by molar-refractivity contribution is 5.68. The van der Waals surface area contributed by atoms with Crippen molar-refractivity contribution in [3.63, 3.8) is 0 Å². The number of hydrogen-bond acceptors (Lipinski definition) is 5. The number of benzene rings is 1. The van der Waals surface area contributed by atoms with Gasteiger partial charge in [0.2, 0.25) is 5.95 Å². The molecule has 1 aromatic carbocycles. The fourth-order valence-electron chi connectivity index (χ4n) is 2.69. The van der Waals surface area contributed by atoms with Crippen molar-refractivity contribution in [1.29, 1.82) is 0 Å². The van der Waals surface area contributed by atoms with E-state index in [1.54, 1.807) is 6.20 Å². The largest absolute Gasteiger partial charge is 0.350 e. The summed E-state index contributed by atoms with van der Waals surface area (Å²) in [5.41, 5.74) is 4.87. The van der Waals surface area contributed by atoms with E-state index in [0.29, 0.717) is 5.95 Å². The molecule has 0 bridgehead atoms. The van der Waals surface area contributed by atoms with E-state index in [4.69, 9.17) is 0 Å². The lowest BCUT2D eigenvalue weighted by Gasteiger charge is -2.21. The van der Waals surface area contributed by atoms with Crippen LogP contribution in [0.4, 0.5) is 17.5 Å². The normalized spacial score (nSPS) is 11.3. The zero-order valence-corrected chi connectivity index (χ0v) is 16.0. The Morgan fingerprint density at radius 3 is 2.19 bits per heavy atom. The molecule has 2 aromatic heterocycles. The average molecular weight is 347 g/mol. The summed E-state index contributed by atoms with van der Waals surface area (Å²) in [4.78, 5) is 13.7. The molecule has 0 radical (unpaired) electrons. The maximum Gasteiger partial charge on any atom is 0.225 e. The minimum atomic E-state index is -0.140. The Labute approximate surface area is 154 Å². The van der Waals surface area contributed by atoms with Gasteiger partial charge in [0.25, 0.3) is 0 Å². The molecule has 0 saturated heterocycles. The van der Waals surface area contributed by atoms with Gasteiger partial charge in [-0.05, 0) is 57.9 Å². The molecule has 5 heteroatoms. The van der Waals surface area contributed by atoms with Gasteiger partial charge in [0.1, 0.15) is 5.82 Å². The predicted molar refractivity (Wildman–Crippen MR) is 108 cm³/mol. The van der Waals surface area contributed by atoms with Gasteiger partial charge in [-0.25, -0.2) is 4.98 Å². The molecule has 0 amide bonds. The molecule has 0 saturated carbocycles. The van der Waals surface area contributed by atoms with Gasteiger partial charge < -0.3 is 10.6 Å². The molecule has 3 rings (SSSR count). The monoisotopic (exact) mass is 347 g/mol. The van der Waals surface area contributed by atoms with Gasteiger partial charge in [0.05, 0.1) is 11.4 Å². The van der Waals surface area contributed by atoms with E-state index < -0.39 is 0 Å². The van der Waals surface area contributed by atoms with Crippen LogP contribution in [0.25, 0.3) is 11.4 Å². The van der Waals surface area contributed by atoms with Crippen molar-refractivity contribution in [3.05, 3.63) is 59.8 Å². The molecule has 0 atom stereocenters. The number of aromatic nitrogens is 3. The first-order valence-corrected chi connectivity index (χ1v) is 8.74. The molecule has 0 aliphatic carbocycles. The Hall–Kier alpha value is -2.95. The fourth-order valence-corrected chi connectivity index (χ4v) is 2.69. The number of nitrogens with one attached hydrogen (secondary N) is 2. The zero-order chi connectivity index (χ0) is 18.7. The van der Waals surface area contributed by atoms with E-state index in [0.717, 1.165) is 22.9 Å². The molecule has 0 unspecified atom stereocenters. The van der Waals surface area contributed by atoms with Crippen LogP contribution >= 0.6 is 0 Å². The summed E-state index contributed by atoms with van der Waals surface area (Å²) in [6.45, 7) is 10.4. The van der Waals surface area contributed by atoms with Crippen LogP contribution < -0.4 is 10.6 Å².